The fourth-order valence-electron chi connectivity index (χ4n) is 1.75. The van der Waals surface area contributed by atoms with Crippen molar-refractivity contribution in [2.75, 3.05) is 17.2 Å². The van der Waals surface area contributed by atoms with E-state index in [1.54, 1.807) is 0 Å². The number of benzene rings is 1. The van der Waals surface area contributed by atoms with Crippen molar-refractivity contribution in [1.29, 1.82) is 0 Å². The number of anilines is 3. The van der Waals surface area contributed by atoms with E-state index in [1.165, 1.54) is 5.56 Å². The van der Waals surface area contributed by atoms with Gasteiger partial charge in [-0.2, -0.15) is 4.98 Å². The first-order chi connectivity index (χ1) is 9.60. The van der Waals surface area contributed by atoms with Gasteiger partial charge in [-0.15, -0.1) is 0 Å². The average molecular weight is 335 g/mol. The zero-order chi connectivity index (χ0) is 14.5. The normalized spacial score (nSPS) is 10.4. The maximum Gasteiger partial charge on any atom is 0.224 e. The summed E-state index contributed by atoms with van der Waals surface area (Å²) < 4.78 is 1.10. The number of aromatic nitrogens is 2. The maximum atomic E-state index is 4.51. The van der Waals surface area contributed by atoms with Crippen LogP contribution in [0.15, 0.2) is 28.9 Å². The summed E-state index contributed by atoms with van der Waals surface area (Å²) in [5, 5.41) is 6.54. The van der Waals surface area contributed by atoms with Gasteiger partial charge >= 0.3 is 0 Å². The van der Waals surface area contributed by atoms with Gasteiger partial charge in [0, 0.05) is 28.5 Å². The van der Waals surface area contributed by atoms with Crippen LogP contribution in [0.25, 0.3) is 0 Å². The summed E-state index contributed by atoms with van der Waals surface area (Å²) in [7, 11) is 0. The van der Waals surface area contributed by atoms with E-state index < -0.39 is 0 Å². The molecule has 1 aromatic carbocycles. The van der Waals surface area contributed by atoms with E-state index in [0.29, 0.717) is 5.95 Å². The van der Waals surface area contributed by atoms with Crippen molar-refractivity contribution in [3.8, 4) is 0 Å². The van der Waals surface area contributed by atoms with Crippen molar-refractivity contribution in [2.24, 2.45) is 0 Å². The molecule has 0 amide bonds. The number of nitrogens with zero attached hydrogens (tertiary/aromatic N) is 2. The topological polar surface area (TPSA) is 49.8 Å². The lowest BCUT2D eigenvalue weighted by Crippen LogP contribution is -2.06. The number of hydrogen-bond donors (Lipinski definition) is 2. The molecule has 106 valence electrons. The van der Waals surface area contributed by atoms with E-state index in [1.807, 2.05) is 25.3 Å². The van der Waals surface area contributed by atoms with Crippen LogP contribution in [0.3, 0.4) is 0 Å². The first kappa shape index (κ1) is 14.8. The lowest BCUT2D eigenvalue weighted by Gasteiger charge is -2.11. The Labute approximate surface area is 128 Å². The molecule has 4 nitrogen and oxygen atoms in total. The monoisotopic (exact) mass is 334 g/mol. The molecule has 2 aromatic rings. The highest BCUT2D eigenvalue weighted by Gasteiger charge is 2.05. The van der Waals surface area contributed by atoms with E-state index in [0.717, 1.165) is 34.5 Å². The van der Waals surface area contributed by atoms with E-state index in [4.69, 9.17) is 0 Å². The number of aryl methyl sites for hydroxylation is 2. The third-order valence-electron chi connectivity index (χ3n) is 2.93. The summed E-state index contributed by atoms with van der Waals surface area (Å²) in [6.45, 7) is 7.05. The molecule has 0 atom stereocenters. The number of nitrogens with one attached hydrogen (secondary N) is 2. The Morgan fingerprint density at radius 1 is 1.20 bits per heavy atom. The van der Waals surface area contributed by atoms with Gasteiger partial charge in [0.2, 0.25) is 5.95 Å². The van der Waals surface area contributed by atoms with Crippen LogP contribution >= 0.6 is 15.9 Å². The van der Waals surface area contributed by atoms with Crippen molar-refractivity contribution in [3.05, 3.63) is 40.0 Å². The molecule has 0 spiro atoms. The van der Waals surface area contributed by atoms with Crippen molar-refractivity contribution < 1.29 is 0 Å². The number of rotatable bonds is 5. The van der Waals surface area contributed by atoms with Crippen molar-refractivity contribution in [2.45, 2.75) is 27.2 Å². The lowest BCUT2D eigenvalue weighted by atomic mass is 10.2. The second-order valence-corrected chi connectivity index (χ2v) is 5.60. The van der Waals surface area contributed by atoms with Crippen LogP contribution in [0.2, 0.25) is 0 Å². The molecule has 0 unspecified atom stereocenters. The number of hydrogen-bond acceptors (Lipinski definition) is 4. The maximum absolute atomic E-state index is 4.51. The molecule has 20 heavy (non-hydrogen) atoms. The van der Waals surface area contributed by atoms with Crippen molar-refractivity contribution >= 4 is 33.4 Å². The Morgan fingerprint density at radius 3 is 2.70 bits per heavy atom. The van der Waals surface area contributed by atoms with Gasteiger partial charge in [0.05, 0.1) is 0 Å². The van der Waals surface area contributed by atoms with Gasteiger partial charge in [0.25, 0.3) is 0 Å². The van der Waals surface area contributed by atoms with Crippen LogP contribution in [-0.4, -0.2) is 16.5 Å². The van der Waals surface area contributed by atoms with Crippen LogP contribution in [0.1, 0.15) is 24.5 Å². The molecule has 5 heteroatoms. The smallest absolute Gasteiger partial charge is 0.224 e. The molecule has 1 aromatic heterocycles. The van der Waals surface area contributed by atoms with Gasteiger partial charge in [-0.25, -0.2) is 4.98 Å². The summed E-state index contributed by atoms with van der Waals surface area (Å²) in [5.74, 6) is 1.49. The first-order valence-corrected chi connectivity index (χ1v) is 7.50. The molecule has 1 heterocycles. The quantitative estimate of drug-likeness (QED) is 0.849. The van der Waals surface area contributed by atoms with Crippen LogP contribution in [-0.2, 0) is 0 Å². The molecule has 0 aliphatic carbocycles. The summed E-state index contributed by atoms with van der Waals surface area (Å²) in [6, 6.07) is 6.15. The van der Waals surface area contributed by atoms with Gasteiger partial charge in [0.1, 0.15) is 5.82 Å². The molecule has 2 rings (SSSR count). The summed E-state index contributed by atoms with van der Waals surface area (Å²) in [4.78, 5) is 8.79. The molecule has 0 radical (unpaired) electrons. The van der Waals surface area contributed by atoms with Crippen molar-refractivity contribution in [1.82, 2.24) is 9.97 Å². The van der Waals surface area contributed by atoms with Crippen LogP contribution in [0.5, 0.6) is 0 Å². The van der Waals surface area contributed by atoms with Crippen LogP contribution < -0.4 is 10.6 Å². The standard InChI is InChI=1S/C15H19BrN4/c1-4-7-17-15-18-9-11(3)14(20-15)19-12-5-6-13(16)10(2)8-12/h5-6,8-9H,4,7H2,1-3H3,(H2,17,18,19,20). The van der Waals surface area contributed by atoms with Gasteiger partial charge in [0.15, 0.2) is 0 Å². The Hall–Kier alpha value is -1.62. The van der Waals surface area contributed by atoms with Crippen LogP contribution in [0.4, 0.5) is 17.5 Å². The molecule has 2 N–H and O–H groups in total. The average Bonchev–Trinajstić information content (AvgIpc) is 2.44. The minimum Gasteiger partial charge on any atom is -0.354 e. The number of halogens is 1. The van der Waals surface area contributed by atoms with Gasteiger partial charge < -0.3 is 10.6 Å². The molecule has 0 fully saturated rings. The van der Waals surface area contributed by atoms with Crippen LogP contribution in [0, 0.1) is 13.8 Å². The summed E-state index contributed by atoms with van der Waals surface area (Å²) >= 11 is 3.51. The predicted molar refractivity (Wildman–Crippen MR) is 87.7 cm³/mol. The molecule has 0 bridgehead atoms. The molecular weight excluding hydrogens is 316 g/mol. The molecular formula is C15H19BrN4. The molecule has 0 aliphatic rings. The third kappa shape index (κ3) is 3.70. The Kier molecular flexibility index (Phi) is 4.95. The molecule has 0 aliphatic heterocycles. The van der Waals surface area contributed by atoms with E-state index in [9.17, 15) is 0 Å². The minimum atomic E-state index is 0.661. The summed E-state index contributed by atoms with van der Waals surface area (Å²) in [6.07, 6.45) is 2.88. The van der Waals surface area contributed by atoms with Crippen molar-refractivity contribution in [3.63, 3.8) is 0 Å². The highest BCUT2D eigenvalue weighted by molar-refractivity contribution is 9.10. The minimum absolute atomic E-state index is 0.661. The molecule has 0 saturated carbocycles. The fraction of sp³-hybridized carbons (Fsp3) is 0.333. The van der Waals surface area contributed by atoms with Gasteiger partial charge in [-0.1, -0.05) is 22.9 Å². The second-order valence-electron chi connectivity index (χ2n) is 4.74. The summed E-state index contributed by atoms with van der Waals surface area (Å²) in [5.41, 5.74) is 3.23. The lowest BCUT2D eigenvalue weighted by molar-refractivity contribution is 0.950. The zero-order valence-electron chi connectivity index (χ0n) is 12.0. The zero-order valence-corrected chi connectivity index (χ0v) is 13.6. The highest BCUT2D eigenvalue weighted by atomic mass is 79.9. The third-order valence-corrected chi connectivity index (χ3v) is 3.82. The van der Waals surface area contributed by atoms with E-state index >= 15 is 0 Å². The largest absolute Gasteiger partial charge is 0.354 e. The SMILES string of the molecule is CCCNc1ncc(C)c(Nc2ccc(Br)c(C)c2)n1. The second kappa shape index (κ2) is 6.70. The first-order valence-electron chi connectivity index (χ1n) is 6.71. The Balaban J connectivity index is 2.20. The van der Waals surface area contributed by atoms with E-state index in [-0.39, 0.29) is 0 Å². The van der Waals surface area contributed by atoms with E-state index in [2.05, 4.69) is 56.4 Å². The Bertz CT molecular complexity index is 598. The Morgan fingerprint density at radius 2 is 2.00 bits per heavy atom. The fourth-order valence-corrected chi connectivity index (χ4v) is 2.00. The molecule has 0 saturated heterocycles. The van der Waals surface area contributed by atoms with Gasteiger partial charge in [-0.05, 0) is 44.0 Å². The van der Waals surface area contributed by atoms with Gasteiger partial charge in [-0.3, -0.25) is 0 Å². The highest BCUT2D eigenvalue weighted by Crippen LogP contribution is 2.24. The predicted octanol–water partition coefficient (Wildman–Crippen LogP) is 4.42.